The summed E-state index contributed by atoms with van der Waals surface area (Å²) >= 11 is 0. The van der Waals surface area contributed by atoms with Crippen molar-refractivity contribution in [2.45, 2.75) is 44.7 Å². The molecule has 0 spiro atoms. The number of rotatable bonds is 9. The number of nitriles is 1. The molecule has 2 unspecified atom stereocenters. The predicted molar refractivity (Wildman–Crippen MR) is 134 cm³/mol. The van der Waals surface area contributed by atoms with Crippen LogP contribution in [-0.4, -0.2) is 28.9 Å². The summed E-state index contributed by atoms with van der Waals surface area (Å²) in [4.78, 5) is 28.8. The van der Waals surface area contributed by atoms with Crippen LogP contribution in [0.5, 0.6) is 0 Å². The Morgan fingerprint density at radius 3 is 2.59 bits per heavy atom. The predicted octanol–water partition coefficient (Wildman–Crippen LogP) is 4.40. The number of aromatic amines is 1. The quantitative estimate of drug-likeness (QED) is 0.351. The fourth-order valence-corrected chi connectivity index (χ4v) is 4.20. The summed E-state index contributed by atoms with van der Waals surface area (Å²) in [6.45, 7) is 1.62. The number of aryl methyl sites for hydroxylation is 1. The van der Waals surface area contributed by atoms with Crippen LogP contribution in [0.2, 0.25) is 0 Å². The third kappa shape index (κ3) is 5.62. The maximum absolute atomic E-state index is 12.8. The van der Waals surface area contributed by atoms with E-state index in [2.05, 4.69) is 21.7 Å². The highest BCUT2D eigenvalue weighted by molar-refractivity contribution is 5.89. The third-order valence-electron chi connectivity index (χ3n) is 5.98. The summed E-state index contributed by atoms with van der Waals surface area (Å²) in [5.41, 5.74) is 3.21. The number of para-hydroxylation sites is 1. The average Bonchev–Trinajstić information content (AvgIpc) is 3.26. The lowest BCUT2D eigenvalue weighted by atomic mass is 10.0. The summed E-state index contributed by atoms with van der Waals surface area (Å²) in [7, 11) is 0. The molecule has 4 rings (SSSR count). The lowest BCUT2D eigenvalue weighted by molar-refractivity contribution is -0.129. The second kappa shape index (κ2) is 10.7. The van der Waals surface area contributed by atoms with Crippen LogP contribution in [0.4, 0.5) is 0 Å². The van der Waals surface area contributed by atoms with Crippen molar-refractivity contribution in [1.29, 1.82) is 5.26 Å². The minimum atomic E-state index is -0.752. The van der Waals surface area contributed by atoms with Crippen LogP contribution >= 0.6 is 0 Å². The van der Waals surface area contributed by atoms with Gasteiger partial charge in [0.1, 0.15) is 12.1 Å². The van der Waals surface area contributed by atoms with Crippen molar-refractivity contribution in [3.8, 4) is 6.07 Å². The topological polar surface area (TPSA) is 97.8 Å². The van der Waals surface area contributed by atoms with Gasteiger partial charge >= 0.3 is 0 Å². The van der Waals surface area contributed by atoms with Gasteiger partial charge in [0.25, 0.3) is 0 Å². The smallest absolute Gasteiger partial charge is 0.243 e. The highest BCUT2D eigenvalue weighted by atomic mass is 16.2. The number of benzene rings is 3. The lowest BCUT2D eigenvalue weighted by Gasteiger charge is -2.20. The zero-order chi connectivity index (χ0) is 23.9. The van der Waals surface area contributed by atoms with Gasteiger partial charge in [0.2, 0.25) is 11.8 Å². The Bertz CT molecular complexity index is 1350. The summed E-state index contributed by atoms with van der Waals surface area (Å²) in [5, 5.41) is 18.0. The molecule has 0 radical (unpaired) electrons. The minimum Gasteiger partial charge on any atom is -0.361 e. The summed E-state index contributed by atoms with van der Waals surface area (Å²) in [6, 6.07) is 22.8. The SMILES string of the molecule is CC(C#N)NC(=O)C(Cc1ccc2ccccc2c1)NC(=O)CCCc1c[nH]c2ccccc12. The highest BCUT2D eigenvalue weighted by Crippen LogP contribution is 2.20. The van der Waals surface area contributed by atoms with Gasteiger partial charge in [-0.3, -0.25) is 9.59 Å². The van der Waals surface area contributed by atoms with E-state index in [0.717, 1.165) is 28.3 Å². The number of carbonyl (C=O) groups is 2. The van der Waals surface area contributed by atoms with Crippen LogP contribution in [0.1, 0.15) is 30.9 Å². The van der Waals surface area contributed by atoms with E-state index in [-0.39, 0.29) is 11.8 Å². The number of aromatic nitrogens is 1. The third-order valence-corrected chi connectivity index (χ3v) is 5.98. The molecule has 0 aliphatic rings. The molecule has 6 heteroatoms. The molecule has 1 aromatic heterocycles. The first-order chi connectivity index (χ1) is 16.5. The van der Waals surface area contributed by atoms with Crippen molar-refractivity contribution in [2.75, 3.05) is 0 Å². The van der Waals surface area contributed by atoms with Crippen molar-refractivity contribution < 1.29 is 9.59 Å². The minimum absolute atomic E-state index is 0.176. The maximum atomic E-state index is 12.8. The van der Waals surface area contributed by atoms with Gasteiger partial charge in [-0.2, -0.15) is 5.26 Å². The summed E-state index contributed by atoms with van der Waals surface area (Å²) in [5.74, 6) is -0.530. The van der Waals surface area contributed by atoms with Crippen molar-refractivity contribution in [3.63, 3.8) is 0 Å². The van der Waals surface area contributed by atoms with Crippen LogP contribution < -0.4 is 10.6 Å². The molecule has 6 nitrogen and oxygen atoms in total. The van der Waals surface area contributed by atoms with Crippen LogP contribution in [0.3, 0.4) is 0 Å². The molecule has 172 valence electrons. The number of carbonyl (C=O) groups excluding carboxylic acids is 2. The number of amides is 2. The molecule has 0 saturated heterocycles. The number of hydrogen-bond acceptors (Lipinski definition) is 3. The van der Waals surface area contributed by atoms with Crippen LogP contribution in [0.15, 0.2) is 72.9 Å². The van der Waals surface area contributed by atoms with Crippen LogP contribution in [-0.2, 0) is 22.4 Å². The molecule has 34 heavy (non-hydrogen) atoms. The number of hydrogen-bond donors (Lipinski definition) is 3. The van der Waals surface area contributed by atoms with Crippen molar-refractivity contribution in [3.05, 3.63) is 84.1 Å². The van der Waals surface area contributed by atoms with Crippen molar-refractivity contribution >= 4 is 33.5 Å². The Labute approximate surface area is 199 Å². The second-order valence-electron chi connectivity index (χ2n) is 8.58. The molecule has 4 aromatic rings. The molecular weight excluding hydrogens is 424 g/mol. The van der Waals surface area contributed by atoms with E-state index in [9.17, 15) is 9.59 Å². The molecule has 0 fully saturated rings. The van der Waals surface area contributed by atoms with Crippen LogP contribution in [0.25, 0.3) is 21.7 Å². The molecule has 3 N–H and O–H groups in total. The molecule has 0 aliphatic heterocycles. The molecule has 1 heterocycles. The van der Waals surface area contributed by atoms with Gasteiger partial charge in [-0.1, -0.05) is 60.7 Å². The molecule has 0 aliphatic carbocycles. The van der Waals surface area contributed by atoms with E-state index < -0.39 is 12.1 Å². The number of nitrogens with one attached hydrogen (secondary N) is 3. The zero-order valence-electron chi connectivity index (χ0n) is 19.2. The van der Waals surface area contributed by atoms with Gasteiger partial charge in [-0.15, -0.1) is 0 Å². The van der Waals surface area contributed by atoms with Gasteiger partial charge in [0, 0.05) is 29.9 Å². The standard InChI is InChI=1S/C28H28N4O2/c1-19(17-29)31-28(34)26(16-20-13-14-21-7-2-3-8-22(21)15-20)32-27(33)12-6-9-23-18-30-25-11-5-4-10-24(23)25/h2-5,7-8,10-11,13-15,18-19,26,30H,6,9,12,16H2,1H3,(H,31,34)(H,32,33). The highest BCUT2D eigenvalue weighted by Gasteiger charge is 2.22. The first kappa shape index (κ1) is 23.1. The van der Waals surface area contributed by atoms with Crippen molar-refractivity contribution in [1.82, 2.24) is 15.6 Å². The molecule has 2 atom stereocenters. The number of fused-ring (bicyclic) bond motifs is 2. The molecule has 0 bridgehead atoms. The Morgan fingerprint density at radius 2 is 1.76 bits per heavy atom. The molecule has 2 amide bonds. The van der Waals surface area contributed by atoms with Crippen LogP contribution in [0, 0.1) is 11.3 Å². The van der Waals surface area contributed by atoms with E-state index in [1.807, 2.05) is 72.9 Å². The van der Waals surface area contributed by atoms with Crippen molar-refractivity contribution in [2.24, 2.45) is 0 Å². The molecular formula is C28H28N4O2. The Hall–Kier alpha value is -4.11. The van der Waals surface area contributed by atoms with Gasteiger partial charge in [-0.05, 0) is 47.7 Å². The fraction of sp³-hybridized carbons (Fsp3) is 0.250. The van der Waals surface area contributed by atoms with E-state index in [1.165, 1.54) is 10.9 Å². The average molecular weight is 453 g/mol. The zero-order valence-corrected chi connectivity index (χ0v) is 19.2. The first-order valence-corrected chi connectivity index (χ1v) is 11.6. The first-order valence-electron chi connectivity index (χ1n) is 11.6. The number of H-pyrrole nitrogens is 1. The normalized spacial score (nSPS) is 12.7. The van der Waals surface area contributed by atoms with E-state index in [4.69, 9.17) is 5.26 Å². The fourth-order valence-electron chi connectivity index (χ4n) is 4.20. The summed E-state index contributed by atoms with van der Waals surface area (Å²) < 4.78 is 0. The van der Waals surface area contributed by atoms with E-state index in [1.54, 1.807) is 6.92 Å². The van der Waals surface area contributed by atoms with Gasteiger partial charge in [-0.25, -0.2) is 0 Å². The number of nitrogens with zero attached hydrogens (tertiary/aromatic N) is 1. The van der Waals surface area contributed by atoms with Gasteiger partial charge in [0.05, 0.1) is 6.07 Å². The lowest BCUT2D eigenvalue weighted by Crippen LogP contribution is -2.50. The Balaban J connectivity index is 1.40. The van der Waals surface area contributed by atoms with E-state index in [0.29, 0.717) is 19.3 Å². The Morgan fingerprint density at radius 1 is 1.00 bits per heavy atom. The second-order valence-corrected chi connectivity index (χ2v) is 8.58. The van der Waals surface area contributed by atoms with E-state index >= 15 is 0 Å². The molecule has 0 saturated carbocycles. The van der Waals surface area contributed by atoms with Gasteiger partial charge < -0.3 is 15.6 Å². The monoisotopic (exact) mass is 452 g/mol. The largest absolute Gasteiger partial charge is 0.361 e. The Kier molecular flexibility index (Phi) is 7.24. The van der Waals surface area contributed by atoms with Gasteiger partial charge in [0.15, 0.2) is 0 Å². The maximum Gasteiger partial charge on any atom is 0.243 e. The summed E-state index contributed by atoms with van der Waals surface area (Å²) in [6.07, 6.45) is 4.09. The molecule has 3 aromatic carbocycles.